The first-order valence-corrected chi connectivity index (χ1v) is 6.29. The van der Waals surface area contributed by atoms with Gasteiger partial charge < -0.3 is 10.2 Å². The highest BCUT2D eigenvalue weighted by atomic mass is 32.1. The standard InChI is InChI=1S/C13H11N3OS/c1-8-11(9-2-4-10(14)5-3-9)18-13(16-8)12-15-6-7-17-12/h2-7H,14H2,1H3. The van der Waals surface area contributed by atoms with Gasteiger partial charge in [0.1, 0.15) is 6.26 Å². The minimum absolute atomic E-state index is 0.560. The fraction of sp³-hybridized carbons (Fsp3) is 0.0769. The largest absolute Gasteiger partial charge is 0.443 e. The number of thiazole rings is 1. The van der Waals surface area contributed by atoms with Crippen LogP contribution in [0.2, 0.25) is 0 Å². The zero-order valence-corrected chi connectivity index (χ0v) is 10.6. The zero-order chi connectivity index (χ0) is 12.5. The van der Waals surface area contributed by atoms with Gasteiger partial charge in [-0.05, 0) is 24.6 Å². The predicted molar refractivity (Wildman–Crippen MR) is 72.2 cm³/mol. The molecule has 5 heteroatoms. The first-order valence-electron chi connectivity index (χ1n) is 5.47. The zero-order valence-electron chi connectivity index (χ0n) is 9.75. The normalized spacial score (nSPS) is 10.7. The molecular weight excluding hydrogens is 246 g/mol. The molecule has 0 spiro atoms. The second-order valence-electron chi connectivity index (χ2n) is 3.89. The Bertz CT molecular complexity index is 656. The van der Waals surface area contributed by atoms with Crippen LogP contribution in [0.15, 0.2) is 41.1 Å². The van der Waals surface area contributed by atoms with E-state index in [9.17, 15) is 0 Å². The van der Waals surface area contributed by atoms with Crippen LogP contribution in [0.25, 0.3) is 21.3 Å². The van der Waals surface area contributed by atoms with Crippen molar-refractivity contribution in [2.75, 3.05) is 5.73 Å². The molecule has 1 aromatic carbocycles. The van der Waals surface area contributed by atoms with Crippen molar-refractivity contribution in [1.82, 2.24) is 9.97 Å². The van der Waals surface area contributed by atoms with Crippen molar-refractivity contribution < 1.29 is 4.42 Å². The molecule has 0 unspecified atom stereocenters. The number of anilines is 1. The van der Waals surface area contributed by atoms with Crippen molar-refractivity contribution in [3.05, 3.63) is 42.4 Å². The molecule has 2 heterocycles. The fourth-order valence-electron chi connectivity index (χ4n) is 1.72. The van der Waals surface area contributed by atoms with Crippen molar-refractivity contribution >= 4 is 17.0 Å². The minimum Gasteiger partial charge on any atom is -0.443 e. The molecule has 3 rings (SSSR count). The van der Waals surface area contributed by atoms with E-state index in [1.807, 2.05) is 31.2 Å². The number of hydrogen-bond donors (Lipinski definition) is 1. The first-order chi connectivity index (χ1) is 8.74. The summed E-state index contributed by atoms with van der Waals surface area (Å²) in [6, 6.07) is 7.77. The molecule has 0 fully saturated rings. The number of oxazole rings is 1. The molecule has 90 valence electrons. The summed E-state index contributed by atoms with van der Waals surface area (Å²) < 4.78 is 5.26. The van der Waals surface area contributed by atoms with Crippen LogP contribution in [-0.4, -0.2) is 9.97 Å². The molecule has 0 aliphatic rings. The Kier molecular flexibility index (Phi) is 2.60. The number of benzene rings is 1. The van der Waals surface area contributed by atoms with E-state index in [-0.39, 0.29) is 0 Å². The van der Waals surface area contributed by atoms with Crippen molar-refractivity contribution in [2.45, 2.75) is 6.92 Å². The van der Waals surface area contributed by atoms with Crippen LogP contribution in [0.4, 0.5) is 5.69 Å². The molecule has 0 saturated carbocycles. The van der Waals surface area contributed by atoms with Gasteiger partial charge in [0.2, 0.25) is 0 Å². The Morgan fingerprint density at radius 2 is 2.00 bits per heavy atom. The number of rotatable bonds is 2. The molecule has 2 N–H and O–H groups in total. The lowest BCUT2D eigenvalue weighted by molar-refractivity contribution is 0.574. The third-order valence-corrected chi connectivity index (χ3v) is 3.78. The monoisotopic (exact) mass is 257 g/mol. The van der Waals surface area contributed by atoms with E-state index in [4.69, 9.17) is 10.2 Å². The van der Waals surface area contributed by atoms with Gasteiger partial charge in [0.15, 0.2) is 5.01 Å². The van der Waals surface area contributed by atoms with Crippen LogP contribution in [0.1, 0.15) is 5.69 Å². The van der Waals surface area contributed by atoms with E-state index < -0.39 is 0 Å². The van der Waals surface area contributed by atoms with Crippen LogP contribution >= 0.6 is 11.3 Å². The Morgan fingerprint density at radius 3 is 2.67 bits per heavy atom. The number of nitrogens with two attached hydrogens (primary N) is 1. The summed E-state index contributed by atoms with van der Waals surface area (Å²) in [6.45, 7) is 1.98. The van der Waals surface area contributed by atoms with Crippen LogP contribution in [0.5, 0.6) is 0 Å². The summed E-state index contributed by atoms with van der Waals surface area (Å²) in [4.78, 5) is 9.71. The summed E-state index contributed by atoms with van der Waals surface area (Å²) >= 11 is 1.57. The first kappa shape index (κ1) is 11.0. The molecule has 0 saturated heterocycles. The number of nitrogen functional groups attached to an aromatic ring is 1. The van der Waals surface area contributed by atoms with Crippen LogP contribution < -0.4 is 5.73 Å². The fourth-order valence-corrected chi connectivity index (χ4v) is 2.73. The maximum absolute atomic E-state index is 5.69. The Morgan fingerprint density at radius 1 is 1.22 bits per heavy atom. The highest BCUT2D eigenvalue weighted by molar-refractivity contribution is 7.18. The SMILES string of the molecule is Cc1nc(-c2ncco2)sc1-c1ccc(N)cc1. The molecule has 0 aliphatic carbocycles. The minimum atomic E-state index is 0.560. The molecule has 4 nitrogen and oxygen atoms in total. The lowest BCUT2D eigenvalue weighted by Gasteiger charge is -1.98. The van der Waals surface area contributed by atoms with E-state index in [1.165, 1.54) is 0 Å². The predicted octanol–water partition coefficient (Wildman–Crippen LogP) is 3.36. The number of aromatic nitrogens is 2. The molecule has 3 aromatic rings. The third-order valence-electron chi connectivity index (χ3n) is 2.58. The van der Waals surface area contributed by atoms with Crippen molar-refractivity contribution in [1.29, 1.82) is 0 Å². The average molecular weight is 257 g/mol. The summed E-state index contributed by atoms with van der Waals surface area (Å²) in [5.41, 5.74) is 8.52. The Hall–Kier alpha value is -2.14. The van der Waals surface area contributed by atoms with Gasteiger partial charge in [-0.3, -0.25) is 0 Å². The quantitative estimate of drug-likeness (QED) is 0.715. The molecule has 0 radical (unpaired) electrons. The molecule has 2 aromatic heterocycles. The molecular formula is C13H11N3OS. The topological polar surface area (TPSA) is 64.9 Å². The summed E-state index contributed by atoms with van der Waals surface area (Å²) in [7, 11) is 0. The molecule has 0 amide bonds. The molecule has 0 bridgehead atoms. The van der Waals surface area contributed by atoms with Gasteiger partial charge in [-0.15, -0.1) is 11.3 Å². The van der Waals surface area contributed by atoms with Crippen molar-refractivity contribution in [3.63, 3.8) is 0 Å². The maximum atomic E-state index is 5.69. The number of nitrogens with zero attached hydrogens (tertiary/aromatic N) is 2. The maximum Gasteiger partial charge on any atom is 0.255 e. The van der Waals surface area contributed by atoms with Gasteiger partial charge in [-0.1, -0.05) is 12.1 Å². The van der Waals surface area contributed by atoms with Gasteiger partial charge in [-0.25, -0.2) is 9.97 Å². The van der Waals surface area contributed by atoms with E-state index in [0.717, 1.165) is 26.8 Å². The summed E-state index contributed by atoms with van der Waals surface area (Å²) in [6.07, 6.45) is 3.17. The van der Waals surface area contributed by atoms with E-state index >= 15 is 0 Å². The number of hydrogen-bond acceptors (Lipinski definition) is 5. The summed E-state index contributed by atoms with van der Waals surface area (Å²) in [5, 5.41) is 0.796. The van der Waals surface area contributed by atoms with Gasteiger partial charge in [0.05, 0.1) is 16.8 Å². The highest BCUT2D eigenvalue weighted by Gasteiger charge is 2.13. The second kappa shape index (κ2) is 4.27. The van der Waals surface area contributed by atoms with Gasteiger partial charge in [0.25, 0.3) is 5.89 Å². The molecule has 0 aliphatic heterocycles. The Labute approximate surface area is 108 Å². The van der Waals surface area contributed by atoms with Crippen LogP contribution in [0.3, 0.4) is 0 Å². The number of aryl methyl sites for hydroxylation is 1. The van der Waals surface area contributed by atoms with Gasteiger partial charge in [0, 0.05) is 5.69 Å². The van der Waals surface area contributed by atoms with E-state index in [2.05, 4.69) is 9.97 Å². The average Bonchev–Trinajstić information content (AvgIpc) is 2.99. The van der Waals surface area contributed by atoms with Crippen molar-refractivity contribution in [2.24, 2.45) is 0 Å². The molecule has 18 heavy (non-hydrogen) atoms. The van der Waals surface area contributed by atoms with Crippen LogP contribution in [-0.2, 0) is 0 Å². The molecule has 0 atom stereocenters. The smallest absolute Gasteiger partial charge is 0.255 e. The second-order valence-corrected chi connectivity index (χ2v) is 4.89. The van der Waals surface area contributed by atoms with Crippen LogP contribution in [0, 0.1) is 6.92 Å². The van der Waals surface area contributed by atoms with Gasteiger partial charge in [-0.2, -0.15) is 0 Å². The van der Waals surface area contributed by atoms with E-state index in [1.54, 1.807) is 23.8 Å². The Balaban J connectivity index is 2.06. The van der Waals surface area contributed by atoms with Crippen molar-refractivity contribution in [3.8, 4) is 21.3 Å². The highest BCUT2D eigenvalue weighted by Crippen LogP contribution is 2.34. The van der Waals surface area contributed by atoms with Gasteiger partial charge >= 0.3 is 0 Å². The summed E-state index contributed by atoms with van der Waals surface area (Å²) in [5.74, 6) is 0.560. The van der Waals surface area contributed by atoms with E-state index in [0.29, 0.717) is 5.89 Å². The lowest BCUT2D eigenvalue weighted by Crippen LogP contribution is -1.83. The lowest BCUT2D eigenvalue weighted by atomic mass is 10.1. The third kappa shape index (κ3) is 1.89.